The Balaban J connectivity index is 1.24. The van der Waals surface area contributed by atoms with Crippen LogP contribution in [0.15, 0.2) is 170 Å². The van der Waals surface area contributed by atoms with E-state index in [1.54, 1.807) is 12.4 Å². The fourth-order valence-corrected chi connectivity index (χ4v) is 7.84. The molecule has 0 fully saturated rings. The lowest BCUT2D eigenvalue weighted by Crippen LogP contribution is -1.94. The lowest BCUT2D eigenvalue weighted by atomic mass is 9.94. The van der Waals surface area contributed by atoms with Gasteiger partial charge in [0.25, 0.3) is 0 Å². The molecule has 5 heterocycles. The maximum absolute atomic E-state index is 5.28. The molecule has 0 atom stereocenters. The van der Waals surface area contributed by atoms with E-state index in [4.69, 9.17) is 9.97 Å². The van der Waals surface area contributed by atoms with Gasteiger partial charge in [-0.2, -0.15) is 0 Å². The molecule has 230 valence electrons. The molecule has 0 amide bonds. The van der Waals surface area contributed by atoms with Crippen LogP contribution in [0.4, 0.5) is 0 Å². The van der Waals surface area contributed by atoms with Gasteiger partial charge < -0.3 is 0 Å². The van der Waals surface area contributed by atoms with Gasteiger partial charge in [-0.05, 0) is 64.7 Å². The molecular formula is C44H28N4S. The smallest absolute Gasteiger partial charge is 0.0900 e. The summed E-state index contributed by atoms with van der Waals surface area (Å²) in [7, 11) is 0. The summed E-state index contributed by atoms with van der Waals surface area (Å²) in [5.74, 6) is 0. The van der Waals surface area contributed by atoms with E-state index in [2.05, 4.69) is 131 Å². The van der Waals surface area contributed by atoms with E-state index in [1.807, 2.05) is 47.7 Å². The molecule has 0 unspecified atom stereocenters. The van der Waals surface area contributed by atoms with E-state index in [9.17, 15) is 0 Å². The number of aromatic nitrogens is 4. The summed E-state index contributed by atoms with van der Waals surface area (Å²) in [6, 6.07) is 54.7. The molecule has 0 saturated carbocycles. The minimum Gasteiger partial charge on any atom is -0.255 e. The number of hydrogen-bond acceptors (Lipinski definition) is 5. The number of para-hydroxylation sites is 1. The topological polar surface area (TPSA) is 51.6 Å². The minimum atomic E-state index is 0.812. The molecule has 0 spiro atoms. The summed E-state index contributed by atoms with van der Waals surface area (Å²) < 4.78 is 1.25. The molecule has 0 N–H and O–H groups in total. The predicted octanol–water partition coefficient (Wildman–Crippen LogP) is 11.6. The number of fused-ring (bicyclic) bond motifs is 3. The summed E-state index contributed by atoms with van der Waals surface area (Å²) in [6.07, 6.45) is 3.60. The van der Waals surface area contributed by atoms with Gasteiger partial charge in [0, 0.05) is 43.9 Å². The Morgan fingerprint density at radius 2 is 0.980 bits per heavy atom. The third kappa shape index (κ3) is 5.36. The second kappa shape index (κ2) is 12.4. The fourth-order valence-electron chi connectivity index (χ4n) is 6.48. The Morgan fingerprint density at radius 3 is 1.61 bits per heavy atom. The van der Waals surface area contributed by atoms with Gasteiger partial charge in [0.05, 0.1) is 34.0 Å². The first kappa shape index (κ1) is 28.9. The number of thiophene rings is 1. The Labute approximate surface area is 288 Å². The van der Waals surface area contributed by atoms with Crippen molar-refractivity contribution in [3.63, 3.8) is 0 Å². The Hall–Kier alpha value is -6.30. The highest BCUT2D eigenvalue weighted by Gasteiger charge is 2.22. The maximum atomic E-state index is 5.28. The monoisotopic (exact) mass is 644 g/mol. The normalized spacial score (nSPS) is 11.3. The Kier molecular flexibility index (Phi) is 7.30. The van der Waals surface area contributed by atoms with Gasteiger partial charge >= 0.3 is 0 Å². The lowest BCUT2D eigenvalue weighted by Gasteiger charge is -2.11. The van der Waals surface area contributed by atoms with Crippen LogP contribution in [0, 0.1) is 0 Å². The van der Waals surface area contributed by atoms with Crippen LogP contribution in [0.5, 0.6) is 0 Å². The number of benzene rings is 4. The highest BCUT2D eigenvalue weighted by atomic mass is 32.1. The molecule has 0 saturated heterocycles. The second-order valence-corrected chi connectivity index (χ2v) is 12.9. The summed E-state index contributed by atoms with van der Waals surface area (Å²) in [5.41, 5.74) is 12.1. The second-order valence-electron chi connectivity index (χ2n) is 11.9. The summed E-state index contributed by atoms with van der Waals surface area (Å²) in [4.78, 5) is 20.7. The third-order valence-corrected chi connectivity index (χ3v) is 10.1. The lowest BCUT2D eigenvalue weighted by molar-refractivity contribution is 1.22. The van der Waals surface area contributed by atoms with Crippen molar-refractivity contribution in [3.8, 4) is 66.7 Å². The average Bonchev–Trinajstić information content (AvgIpc) is 3.60. The van der Waals surface area contributed by atoms with E-state index < -0.39 is 0 Å². The quantitative estimate of drug-likeness (QED) is 0.181. The molecule has 0 radical (unpaired) electrons. The zero-order valence-corrected chi connectivity index (χ0v) is 27.2. The van der Waals surface area contributed by atoms with Crippen LogP contribution < -0.4 is 0 Å². The van der Waals surface area contributed by atoms with Crippen LogP contribution in [0.1, 0.15) is 0 Å². The molecule has 5 heteroatoms. The van der Waals surface area contributed by atoms with Gasteiger partial charge in [0.15, 0.2) is 0 Å². The van der Waals surface area contributed by atoms with Crippen LogP contribution in [-0.4, -0.2) is 19.9 Å². The molecule has 9 rings (SSSR count). The molecule has 0 aliphatic carbocycles. The molecule has 5 aromatic heterocycles. The van der Waals surface area contributed by atoms with Gasteiger partial charge in [-0.15, -0.1) is 11.3 Å². The zero-order chi connectivity index (χ0) is 32.6. The SMILES string of the molecule is c1ccc(-c2nc3ccccc3c3sc(-c4ccc(-c5cc(-c6ccccn6)nc(-c6ccccn6)c5)cc4)c(-c4ccccc4)c23)cc1. The summed E-state index contributed by atoms with van der Waals surface area (Å²) in [6.45, 7) is 0. The molecule has 0 aliphatic rings. The summed E-state index contributed by atoms with van der Waals surface area (Å²) >= 11 is 1.84. The van der Waals surface area contributed by atoms with E-state index >= 15 is 0 Å². The van der Waals surface area contributed by atoms with Crippen molar-refractivity contribution in [2.24, 2.45) is 0 Å². The third-order valence-electron chi connectivity index (χ3n) is 8.80. The van der Waals surface area contributed by atoms with E-state index in [0.29, 0.717) is 0 Å². The van der Waals surface area contributed by atoms with E-state index in [0.717, 1.165) is 56.2 Å². The average molecular weight is 645 g/mol. The van der Waals surface area contributed by atoms with Crippen molar-refractivity contribution in [1.82, 2.24) is 19.9 Å². The standard InChI is InChI=1S/C44H28N4S/c1-3-13-30(14-4-1)40-41-42(31-15-5-2-6-16-31)48-35-18-8-7-17-34(35)44(41)49-43(40)32-23-21-29(22-24-32)33-27-38(36-19-9-11-25-45-36)47-39(28-33)37-20-10-12-26-46-37/h1-28H. The predicted molar refractivity (Wildman–Crippen MR) is 203 cm³/mol. The molecule has 49 heavy (non-hydrogen) atoms. The first-order valence-corrected chi connectivity index (χ1v) is 17.0. The van der Waals surface area contributed by atoms with Crippen molar-refractivity contribution in [3.05, 3.63) is 170 Å². The van der Waals surface area contributed by atoms with Crippen LogP contribution >= 0.6 is 11.3 Å². The summed E-state index contributed by atoms with van der Waals surface area (Å²) in [5, 5.41) is 2.36. The van der Waals surface area contributed by atoms with Crippen LogP contribution in [0.2, 0.25) is 0 Å². The molecular weight excluding hydrogens is 617 g/mol. The van der Waals surface area contributed by atoms with Crippen molar-refractivity contribution in [2.75, 3.05) is 0 Å². The highest BCUT2D eigenvalue weighted by Crippen LogP contribution is 2.50. The van der Waals surface area contributed by atoms with E-state index in [1.165, 1.54) is 31.5 Å². The molecule has 0 aliphatic heterocycles. The largest absolute Gasteiger partial charge is 0.255 e. The highest BCUT2D eigenvalue weighted by molar-refractivity contribution is 7.24. The maximum Gasteiger partial charge on any atom is 0.0900 e. The van der Waals surface area contributed by atoms with Crippen molar-refractivity contribution >= 4 is 32.3 Å². The number of rotatable bonds is 6. The van der Waals surface area contributed by atoms with Crippen LogP contribution in [0.3, 0.4) is 0 Å². The van der Waals surface area contributed by atoms with Crippen molar-refractivity contribution in [2.45, 2.75) is 0 Å². The van der Waals surface area contributed by atoms with Gasteiger partial charge in [0.2, 0.25) is 0 Å². The first-order valence-electron chi connectivity index (χ1n) is 16.2. The minimum absolute atomic E-state index is 0.812. The molecule has 4 aromatic carbocycles. The first-order chi connectivity index (χ1) is 24.3. The van der Waals surface area contributed by atoms with Gasteiger partial charge in [0.1, 0.15) is 0 Å². The van der Waals surface area contributed by atoms with Gasteiger partial charge in [-0.1, -0.05) is 115 Å². The number of nitrogens with zero attached hydrogens (tertiary/aromatic N) is 4. The zero-order valence-electron chi connectivity index (χ0n) is 26.4. The number of pyridine rings is 4. The van der Waals surface area contributed by atoms with Crippen LogP contribution in [-0.2, 0) is 0 Å². The fraction of sp³-hybridized carbons (Fsp3) is 0. The number of hydrogen-bond donors (Lipinski definition) is 0. The van der Waals surface area contributed by atoms with Crippen molar-refractivity contribution < 1.29 is 0 Å². The molecule has 4 nitrogen and oxygen atoms in total. The van der Waals surface area contributed by atoms with Crippen LogP contribution in [0.25, 0.3) is 87.7 Å². The molecule has 0 bridgehead atoms. The Morgan fingerprint density at radius 1 is 0.408 bits per heavy atom. The van der Waals surface area contributed by atoms with Crippen molar-refractivity contribution in [1.29, 1.82) is 0 Å². The van der Waals surface area contributed by atoms with Gasteiger partial charge in [-0.3, -0.25) is 9.97 Å². The van der Waals surface area contributed by atoms with Gasteiger partial charge in [-0.25, -0.2) is 9.97 Å². The molecule has 9 aromatic rings. The Bertz CT molecular complexity index is 2510. The van der Waals surface area contributed by atoms with E-state index in [-0.39, 0.29) is 0 Å².